The molecule has 0 saturated heterocycles. The number of carbonyl (C=O) groups excluding carboxylic acids is 2. The van der Waals surface area contributed by atoms with Gasteiger partial charge in [-0.1, -0.05) is 29.3 Å². The number of Topliss-reactive ketones (excluding diaryl/α,β-unsaturated/α-hetero) is 1. The molecule has 0 N–H and O–H groups in total. The van der Waals surface area contributed by atoms with Gasteiger partial charge in [0.1, 0.15) is 11.6 Å². The number of amides is 1. The highest BCUT2D eigenvalue weighted by molar-refractivity contribution is 6.42. The van der Waals surface area contributed by atoms with Gasteiger partial charge >= 0.3 is 6.09 Å². The molecule has 0 saturated carbocycles. The molecule has 4 nitrogen and oxygen atoms in total. The van der Waals surface area contributed by atoms with E-state index in [9.17, 15) is 9.59 Å². The minimum Gasteiger partial charge on any atom is -0.444 e. The van der Waals surface area contributed by atoms with Crippen LogP contribution in [0.25, 0.3) is 0 Å². The number of carbonyl (C=O) groups is 2. The first kappa shape index (κ1) is 19.5. The number of rotatable bonds is 5. The van der Waals surface area contributed by atoms with Gasteiger partial charge < -0.3 is 9.64 Å². The smallest absolute Gasteiger partial charge is 0.410 e. The minimum atomic E-state index is -0.723. The molecule has 0 bridgehead atoms. The predicted octanol–water partition coefficient (Wildman–Crippen LogP) is 4.99. The van der Waals surface area contributed by atoms with E-state index >= 15 is 0 Å². The highest BCUT2D eigenvalue weighted by Gasteiger charge is 2.30. The number of hydrogen-bond acceptors (Lipinski definition) is 3. The maximum Gasteiger partial charge on any atom is 0.410 e. The fourth-order valence-electron chi connectivity index (χ4n) is 1.90. The summed E-state index contributed by atoms with van der Waals surface area (Å²) in [4.78, 5) is 26.2. The third-order valence-corrected chi connectivity index (χ3v) is 3.78. The lowest BCUT2D eigenvalue weighted by atomic mass is 10.0. The lowest BCUT2D eigenvalue weighted by Crippen LogP contribution is -2.44. The Labute approximate surface area is 147 Å². The summed E-state index contributed by atoms with van der Waals surface area (Å²) in [7, 11) is 1.53. The van der Waals surface area contributed by atoms with Gasteiger partial charge in [-0.15, -0.1) is 6.58 Å². The molecule has 1 atom stereocenters. The fourth-order valence-corrected chi connectivity index (χ4v) is 2.20. The van der Waals surface area contributed by atoms with E-state index in [1.54, 1.807) is 39.0 Å². The molecule has 1 aromatic rings. The Morgan fingerprint density at radius 3 is 2.39 bits per heavy atom. The van der Waals surface area contributed by atoms with Crippen molar-refractivity contribution in [2.45, 2.75) is 38.8 Å². The Hall–Kier alpha value is -1.52. The molecule has 6 heteroatoms. The van der Waals surface area contributed by atoms with Crippen LogP contribution >= 0.6 is 23.2 Å². The van der Waals surface area contributed by atoms with Gasteiger partial charge in [-0.2, -0.15) is 0 Å². The Balaban J connectivity index is 3.04. The lowest BCUT2D eigenvalue weighted by Gasteiger charge is -2.29. The Morgan fingerprint density at radius 2 is 1.91 bits per heavy atom. The molecule has 0 spiro atoms. The molecule has 0 fully saturated rings. The SMILES string of the molecule is C=CC[C@@H](C(=O)c1ccc(Cl)c(Cl)c1)N(C)C(=O)OC(C)(C)C. The molecule has 0 heterocycles. The van der Waals surface area contributed by atoms with Crippen molar-refractivity contribution in [3.05, 3.63) is 46.5 Å². The molecule has 0 radical (unpaired) electrons. The number of nitrogens with zero attached hydrogens (tertiary/aromatic N) is 1. The standard InChI is InChI=1S/C17H21Cl2NO3/c1-6-7-14(20(5)16(22)23-17(2,3)4)15(21)11-8-9-12(18)13(19)10-11/h6,8-10,14H,1,7H2,2-5H3/t14-/m0/s1. The number of ether oxygens (including phenoxy) is 1. The van der Waals surface area contributed by atoms with Gasteiger partial charge in [0, 0.05) is 12.6 Å². The van der Waals surface area contributed by atoms with E-state index in [4.69, 9.17) is 27.9 Å². The Kier molecular flexibility index (Phi) is 6.66. The lowest BCUT2D eigenvalue weighted by molar-refractivity contribution is 0.0219. The molecule has 1 amide bonds. The molecule has 0 unspecified atom stereocenters. The summed E-state index contributed by atoms with van der Waals surface area (Å²) in [6.07, 6.45) is 1.31. The first-order valence-electron chi connectivity index (χ1n) is 7.12. The average Bonchev–Trinajstić information content (AvgIpc) is 2.44. The van der Waals surface area contributed by atoms with Crippen molar-refractivity contribution in [2.75, 3.05) is 7.05 Å². The van der Waals surface area contributed by atoms with E-state index in [-0.39, 0.29) is 10.8 Å². The summed E-state index contributed by atoms with van der Waals surface area (Å²) >= 11 is 11.8. The molecule has 1 aromatic carbocycles. The van der Waals surface area contributed by atoms with Crippen molar-refractivity contribution in [1.29, 1.82) is 0 Å². The monoisotopic (exact) mass is 357 g/mol. The maximum atomic E-state index is 12.7. The summed E-state index contributed by atoms with van der Waals surface area (Å²) in [6.45, 7) is 8.94. The van der Waals surface area contributed by atoms with Crippen LogP contribution in [-0.2, 0) is 4.74 Å². The van der Waals surface area contributed by atoms with Gasteiger partial charge in [-0.25, -0.2) is 4.79 Å². The first-order valence-corrected chi connectivity index (χ1v) is 7.88. The van der Waals surface area contributed by atoms with Crippen LogP contribution in [0, 0.1) is 0 Å². The molecule has 0 aromatic heterocycles. The normalized spacial score (nSPS) is 12.4. The van der Waals surface area contributed by atoms with Gasteiger partial charge in [-0.3, -0.25) is 4.79 Å². The van der Waals surface area contributed by atoms with Crippen LogP contribution in [-0.4, -0.2) is 35.5 Å². The molecule has 0 aliphatic rings. The third kappa shape index (κ3) is 5.56. The van der Waals surface area contributed by atoms with E-state index in [1.165, 1.54) is 18.0 Å². The molecule has 1 rings (SSSR count). The average molecular weight is 358 g/mol. The van der Waals surface area contributed by atoms with Crippen LogP contribution < -0.4 is 0 Å². The molecular weight excluding hydrogens is 337 g/mol. The largest absolute Gasteiger partial charge is 0.444 e. The van der Waals surface area contributed by atoms with Crippen LogP contribution in [0.2, 0.25) is 10.0 Å². The van der Waals surface area contributed by atoms with Crippen LogP contribution in [0.1, 0.15) is 37.6 Å². The summed E-state index contributed by atoms with van der Waals surface area (Å²) in [6, 6.07) is 3.90. The zero-order valence-corrected chi connectivity index (χ0v) is 15.2. The van der Waals surface area contributed by atoms with E-state index < -0.39 is 17.7 Å². The minimum absolute atomic E-state index is 0.253. The number of benzene rings is 1. The summed E-state index contributed by atoms with van der Waals surface area (Å²) in [5.41, 5.74) is -0.266. The third-order valence-electron chi connectivity index (χ3n) is 3.05. The van der Waals surface area contributed by atoms with Gasteiger partial charge in [0.2, 0.25) is 0 Å². The van der Waals surface area contributed by atoms with Gasteiger partial charge in [-0.05, 0) is 45.4 Å². The van der Waals surface area contributed by atoms with Crippen molar-refractivity contribution < 1.29 is 14.3 Å². The van der Waals surface area contributed by atoms with Crippen molar-refractivity contribution in [3.63, 3.8) is 0 Å². The maximum absolute atomic E-state index is 12.7. The predicted molar refractivity (Wildman–Crippen MR) is 93.4 cm³/mol. The van der Waals surface area contributed by atoms with Crippen molar-refractivity contribution in [1.82, 2.24) is 4.90 Å². The van der Waals surface area contributed by atoms with E-state index in [2.05, 4.69) is 6.58 Å². The van der Waals surface area contributed by atoms with Gasteiger partial charge in [0.25, 0.3) is 0 Å². The molecule has 0 aliphatic heterocycles. The van der Waals surface area contributed by atoms with E-state index in [1.807, 2.05) is 0 Å². The van der Waals surface area contributed by atoms with Crippen LogP contribution in [0.15, 0.2) is 30.9 Å². The molecule has 23 heavy (non-hydrogen) atoms. The highest BCUT2D eigenvalue weighted by atomic mass is 35.5. The quantitative estimate of drug-likeness (QED) is 0.550. The first-order chi connectivity index (χ1) is 10.6. The zero-order valence-electron chi connectivity index (χ0n) is 13.7. The molecular formula is C17H21Cl2NO3. The second kappa shape index (κ2) is 7.84. The fraction of sp³-hybridized carbons (Fsp3) is 0.412. The second-order valence-corrected chi connectivity index (χ2v) is 6.94. The molecule has 0 aliphatic carbocycles. The second-order valence-electron chi connectivity index (χ2n) is 6.12. The Morgan fingerprint density at radius 1 is 1.30 bits per heavy atom. The topological polar surface area (TPSA) is 46.6 Å². The van der Waals surface area contributed by atoms with Crippen molar-refractivity contribution in [3.8, 4) is 0 Å². The Bertz CT molecular complexity index is 608. The number of ketones is 1. The van der Waals surface area contributed by atoms with Gasteiger partial charge in [0.05, 0.1) is 10.0 Å². The summed E-state index contributed by atoms with van der Waals surface area (Å²) in [5.74, 6) is -0.253. The highest BCUT2D eigenvalue weighted by Crippen LogP contribution is 2.24. The van der Waals surface area contributed by atoms with Gasteiger partial charge in [0.15, 0.2) is 5.78 Å². The number of hydrogen-bond donors (Lipinski definition) is 0. The zero-order chi connectivity index (χ0) is 17.8. The van der Waals surface area contributed by atoms with Crippen molar-refractivity contribution >= 4 is 35.1 Å². The van der Waals surface area contributed by atoms with E-state index in [0.29, 0.717) is 17.0 Å². The molecule has 126 valence electrons. The van der Waals surface area contributed by atoms with E-state index in [0.717, 1.165) is 0 Å². The van der Waals surface area contributed by atoms with Crippen LogP contribution in [0.5, 0.6) is 0 Å². The van der Waals surface area contributed by atoms with Crippen LogP contribution in [0.3, 0.4) is 0 Å². The number of likely N-dealkylation sites (N-methyl/N-ethyl adjacent to an activating group) is 1. The number of halogens is 2. The van der Waals surface area contributed by atoms with Crippen LogP contribution in [0.4, 0.5) is 4.79 Å². The summed E-state index contributed by atoms with van der Waals surface area (Å²) < 4.78 is 5.31. The summed E-state index contributed by atoms with van der Waals surface area (Å²) in [5, 5.41) is 0.652. The van der Waals surface area contributed by atoms with Crippen molar-refractivity contribution in [2.24, 2.45) is 0 Å².